The minimum atomic E-state index is 0. The summed E-state index contributed by atoms with van der Waals surface area (Å²) in [6, 6.07) is 4.25. The molecule has 1 aliphatic heterocycles. The second-order valence-corrected chi connectivity index (χ2v) is 6.33. The molecule has 2 N–H and O–H groups in total. The van der Waals surface area contributed by atoms with E-state index >= 15 is 0 Å². The molecule has 148 valence electrons. The molecule has 0 aromatic carbocycles. The summed E-state index contributed by atoms with van der Waals surface area (Å²) in [6.45, 7) is 7.55. The number of piperidine rings is 1. The molecular formula is C19H34IN5O. The molecule has 1 fully saturated rings. The van der Waals surface area contributed by atoms with Crippen LogP contribution in [0, 0.1) is 0 Å². The molecule has 1 saturated heterocycles. The molecule has 0 atom stereocenters. The van der Waals surface area contributed by atoms with Crippen molar-refractivity contribution < 1.29 is 4.74 Å². The van der Waals surface area contributed by atoms with Crippen molar-refractivity contribution in [1.29, 1.82) is 0 Å². The van der Waals surface area contributed by atoms with Crippen molar-refractivity contribution in [1.82, 2.24) is 15.6 Å². The first-order valence-electron chi connectivity index (χ1n) is 9.55. The number of aliphatic imine (C=N–C) groups is 1. The number of unbranched alkanes of at least 4 members (excludes halogenated alkanes) is 1. The average molecular weight is 475 g/mol. The summed E-state index contributed by atoms with van der Waals surface area (Å²) in [5.74, 6) is 1.94. The highest BCUT2D eigenvalue weighted by Gasteiger charge is 2.12. The van der Waals surface area contributed by atoms with E-state index in [0.717, 1.165) is 64.0 Å². The van der Waals surface area contributed by atoms with Crippen LogP contribution in [0.2, 0.25) is 0 Å². The van der Waals surface area contributed by atoms with Gasteiger partial charge in [-0.15, -0.1) is 24.0 Å². The molecule has 0 aliphatic carbocycles. The molecule has 0 spiro atoms. The van der Waals surface area contributed by atoms with E-state index in [-0.39, 0.29) is 24.0 Å². The van der Waals surface area contributed by atoms with Crippen molar-refractivity contribution in [2.75, 3.05) is 44.8 Å². The van der Waals surface area contributed by atoms with Gasteiger partial charge in [-0.2, -0.15) is 0 Å². The second-order valence-electron chi connectivity index (χ2n) is 6.33. The monoisotopic (exact) mass is 475 g/mol. The molecule has 0 radical (unpaired) electrons. The first-order valence-corrected chi connectivity index (χ1v) is 9.55. The number of hydrogen-bond acceptors (Lipinski definition) is 4. The number of aromatic nitrogens is 1. The van der Waals surface area contributed by atoms with Crippen molar-refractivity contribution in [2.45, 2.75) is 45.6 Å². The normalized spacial score (nSPS) is 14.7. The number of rotatable bonds is 9. The SMILES string of the molecule is CCOCCCCNC(=NC)NCc1ccnc(N2CCCCC2)c1.I. The van der Waals surface area contributed by atoms with Crippen molar-refractivity contribution in [3.05, 3.63) is 23.9 Å². The zero-order valence-electron chi connectivity index (χ0n) is 16.2. The smallest absolute Gasteiger partial charge is 0.191 e. The predicted octanol–water partition coefficient (Wildman–Crippen LogP) is 3.17. The van der Waals surface area contributed by atoms with Gasteiger partial charge in [-0.05, 0) is 56.7 Å². The Balaban J connectivity index is 0.00000338. The summed E-state index contributed by atoms with van der Waals surface area (Å²) < 4.78 is 5.35. The van der Waals surface area contributed by atoms with Gasteiger partial charge in [0.25, 0.3) is 0 Å². The Bertz CT molecular complexity index is 520. The number of hydrogen-bond donors (Lipinski definition) is 2. The number of halogens is 1. The standard InChI is InChI=1S/C19H33N5O.HI/c1-3-25-14-8-5-10-22-19(20-2)23-16-17-9-11-21-18(15-17)24-12-6-4-7-13-24;/h9,11,15H,3-8,10,12-14,16H2,1-2H3,(H2,20,22,23);1H. The van der Waals surface area contributed by atoms with E-state index in [1.54, 1.807) is 7.05 Å². The Morgan fingerprint density at radius 3 is 2.77 bits per heavy atom. The zero-order valence-corrected chi connectivity index (χ0v) is 18.5. The van der Waals surface area contributed by atoms with Gasteiger partial charge in [0.15, 0.2) is 5.96 Å². The van der Waals surface area contributed by atoms with E-state index < -0.39 is 0 Å². The molecular weight excluding hydrogens is 441 g/mol. The van der Waals surface area contributed by atoms with Gasteiger partial charge in [0.2, 0.25) is 0 Å². The van der Waals surface area contributed by atoms with Gasteiger partial charge in [-0.3, -0.25) is 4.99 Å². The van der Waals surface area contributed by atoms with Crippen LogP contribution in [0.25, 0.3) is 0 Å². The second kappa shape index (κ2) is 14.0. The van der Waals surface area contributed by atoms with Gasteiger partial charge >= 0.3 is 0 Å². The minimum Gasteiger partial charge on any atom is -0.382 e. The molecule has 1 aliphatic rings. The van der Waals surface area contributed by atoms with Crippen LogP contribution in [0.3, 0.4) is 0 Å². The highest BCUT2D eigenvalue weighted by atomic mass is 127. The highest BCUT2D eigenvalue weighted by Crippen LogP contribution is 2.18. The molecule has 0 bridgehead atoms. The molecule has 1 aromatic heterocycles. The highest BCUT2D eigenvalue weighted by molar-refractivity contribution is 14.0. The fourth-order valence-electron chi connectivity index (χ4n) is 2.95. The van der Waals surface area contributed by atoms with E-state index in [2.05, 4.69) is 37.6 Å². The minimum absolute atomic E-state index is 0. The molecule has 6 nitrogen and oxygen atoms in total. The Hall–Kier alpha value is -1.09. The maximum atomic E-state index is 5.35. The summed E-state index contributed by atoms with van der Waals surface area (Å²) in [7, 11) is 1.81. The van der Waals surface area contributed by atoms with Crippen LogP contribution in [-0.4, -0.2) is 50.8 Å². The predicted molar refractivity (Wildman–Crippen MR) is 120 cm³/mol. The van der Waals surface area contributed by atoms with E-state index in [4.69, 9.17) is 4.74 Å². The van der Waals surface area contributed by atoms with Gasteiger partial charge in [-0.25, -0.2) is 4.98 Å². The van der Waals surface area contributed by atoms with Crippen molar-refractivity contribution in [3.8, 4) is 0 Å². The number of pyridine rings is 1. The number of anilines is 1. The number of guanidine groups is 1. The van der Waals surface area contributed by atoms with Crippen LogP contribution >= 0.6 is 24.0 Å². The molecule has 0 amide bonds. The van der Waals surface area contributed by atoms with Gasteiger partial charge in [0.1, 0.15) is 5.82 Å². The lowest BCUT2D eigenvalue weighted by atomic mass is 10.1. The van der Waals surface area contributed by atoms with Crippen LogP contribution < -0.4 is 15.5 Å². The topological polar surface area (TPSA) is 61.8 Å². The van der Waals surface area contributed by atoms with Crippen LogP contribution in [0.5, 0.6) is 0 Å². The third-order valence-corrected chi connectivity index (χ3v) is 4.39. The summed E-state index contributed by atoms with van der Waals surface area (Å²) in [5, 5.41) is 6.73. The van der Waals surface area contributed by atoms with Crippen LogP contribution in [-0.2, 0) is 11.3 Å². The molecule has 0 saturated carbocycles. The number of ether oxygens (including phenoxy) is 1. The molecule has 2 rings (SSSR count). The zero-order chi connectivity index (χ0) is 17.7. The largest absolute Gasteiger partial charge is 0.382 e. The summed E-state index contributed by atoms with van der Waals surface area (Å²) in [6.07, 6.45) is 7.93. The average Bonchev–Trinajstić information content (AvgIpc) is 2.68. The lowest BCUT2D eigenvalue weighted by molar-refractivity contribution is 0.143. The Labute approximate surface area is 175 Å². The van der Waals surface area contributed by atoms with Gasteiger partial charge < -0.3 is 20.3 Å². The Kier molecular flexibility index (Phi) is 12.4. The lowest BCUT2D eigenvalue weighted by Gasteiger charge is -2.28. The number of nitrogens with one attached hydrogen (secondary N) is 2. The first kappa shape index (κ1) is 23.0. The third kappa shape index (κ3) is 8.53. The fraction of sp³-hybridized carbons (Fsp3) is 0.684. The fourth-order valence-corrected chi connectivity index (χ4v) is 2.95. The quantitative estimate of drug-likeness (QED) is 0.249. The lowest BCUT2D eigenvalue weighted by Crippen LogP contribution is -2.37. The summed E-state index contributed by atoms with van der Waals surface area (Å²) in [5.41, 5.74) is 1.23. The first-order chi connectivity index (χ1) is 12.3. The van der Waals surface area contributed by atoms with Gasteiger partial charge in [-0.1, -0.05) is 0 Å². The van der Waals surface area contributed by atoms with Crippen LogP contribution in [0.4, 0.5) is 5.82 Å². The molecule has 7 heteroatoms. The molecule has 2 heterocycles. The van der Waals surface area contributed by atoms with Gasteiger partial charge in [0.05, 0.1) is 0 Å². The van der Waals surface area contributed by atoms with E-state index in [0.29, 0.717) is 0 Å². The maximum Gasteiger partial charge on any atom is 0.191 e. The van der Waals surface area contributed by atoms with Crippen LogP contribution in [0.15, 0.2) is 23.3 Å². The van der Waals surface area contributed by atoms with Crippen molar-refractivity contribution >= 4 is 35.8 Å². The molecule has 26 heavy (non-hydrogen) atoms. The third-order valence-electron chi connectivity index (χ3n) is 4.39. The Morgan fingerprint density at radius 2 is 2.04 bits per heavy atom. The summed E-state index contributed by atoms with van der Waals surface area (Å²) in [4.78, 5) is 11.2. The van der Waals surface area contributed by atoms with Crippen molar-refractivity contribution in [2.24, 2.45) is 4.99 Å². The van der Waals surface area contributed by atoms with E-state index in [9.17, 15) is 0 Å². The van der Waals surface area contributed by atoms with Crippen LogP contribution in [0.1, 0.15) is 44.6 Å². The van der Waals surface area contributed by atoms with Crippen molar-refractivity contribution in [3.63, 3.8) is 0 Å². The van der Waals surface area contributed by atoms with Gasteiger partial charge in [0, 0.05) is 52.6 Å². The maximum absolute atomic E-state index is 5.35. The summed E-state index contributed by atoms with van der Waals surface area (Å²) >= 11 is 0. The number of nitrogens with zero attached hydrogens (tertiary/aromatic N) is 3. The molecule has 1 aromatic rings. The van der Waals surface area contributed by atoms with E-state index in [1.807, 2.05) is 13.1 Å². The Morgan fingerprint density at radius 1 is 1.23 bits per heavy atom. The van der Waals surface area contributed by atoms with E-state index in [1.165, 1.54) is 24.8 Å². The molecule has 0 unspecified atom stereocenters.